The van der Waals surface area contributed by atoms with Crippen LogP contribution in [0.4, 0.5) is 5.69 Å². The number of ether oxygens (including phenoxy) is 2. The van der Waals surface area contributed by atoms with Crippen LogP contribution in [0.1, 0.15) is 18.4 Å². The van der Waals surface area contributed by atoms with Gasteiger partial charge in [0.2, 0.25) is 0 Å². The van der Waals surface area contributed by atoms with E-state index in [-0.39, 0.29) is 10.6 Å². The molecule has 1 heterocycles. The Morgan fingerprint density at radius 3 is 2.41 bits per heavy atom. The number of hydrogen-bond donors (Lipinski definition) is 0. The molecule has 0 amide bonds. The minimum absolute atomic E-state index is 0.0248. The molecular weight excluding hydrogens is 370 g/mol. The van der Waals surface area contributed by atoms with Crippen molar-refractivity contribution in [3.8, 4) is 11.5 Å². The first-order valence-corrected chi connectivity index (χ1v) is 10.5. The fourth-order valence-corrected chi connectivity index (χ4v) is 3.71. The summed E-state index contributed by atoms with van der Waals surface area (Å²) in [7, 11) is -3.28. The molecule has 0 aliphatic carbocycles. The van der Waals surface area contributed by atoms with Gasteiger partial charge >= 0.3 is 0 Å². The lowest BCUT2D eigenvalue weighted by molar-refractivity contribution is -0.384. The number of benzene rings is 2. The van der Waals surface area contributed by atoms with Crippen molar-refractivity contribution in [1.82, 2.24) is 0 Å². The Labute approximate surface area is 158 Å². The quantitative estimate of drug-likeness (QED) is 0.549. The maximum atomic E-state index is 11.6. The summed E-state index contributed by atoms with van der Waals surface area (Å²) in [6.45, 7) is 1.39. The van der Waals surface area contributed by atoms with Crippen molar-refractivity contribution in [1.29, 1.82) is 0 Å². The van der Waals surface area contributed by atoms with Crippen LogP contribution in [-0.4, -0.2) is 32.8 Å². The third-order valence-corrected chi connectivity index (χ3v) is 5.71. The van der Waals surface area contributed by atoms with Crippen LogP contribution in [0.5, 0.6) is 11.5 Å². The molecule has 2 aromatic carbocycles. The zero-order valence-corrected chi connectivity index (χ0v) is 15.8. The molecule has 7 nitrogen and oxygen atoms in total. The van der Waals surface area contributed by atoms with Gasteiger partial charge in [-0.25, -0.2) is 8.42 Å². The van der Waals surface area contributed by atoms with Crippen molar-refractivity contribution >= 4 is 15.5 Å². The van der Waals surface area contributed by atoms with Crippen LogP contribution < -0.4 is 4.74 Å². The molecule has 2 aromatic rings. The lowest BCUT2D eigenvalue weighted by atomic mass is 9.92. The maximum absolute atomic E-state index is 11.6. The first-order chi connectivity index (χ1) is 12.8. The van der Waals surface area contributed by atoms with Crippen molar-refractivity contribution in [3.63, 3.8) is 0 Å². The van der Waals surface area contributed by atoms with Crippen LogP contribution in [0.15, 0.2) is 47.4 Å². The number of non-ortho nitro benzene ring substituents is 1. The van der Waals surface area contributed by atoms with Crippen molar-refractivity contribution in [3.05, 3.63) is 58.1 Å². The van der Waals surface area contributed by atoms with Gasteiger partial charge in [-0.15, -0.1) is 0 Å². The Balaban J connectivity index is 1.85. The third-order valence-electron chi connectivity index (χ3n) is 4.58. The van der Waals surface area contributed by atoms with Gasteiger partial charge in [0.15, 0.2) is 9.84 Å². The predicted octanol–water partition coefficient (Wildman–Crippen LogP) is 3.76. The second kappa shape index (κ2) is 8.06. The Bertz CT molecular complexity index is 918. The van der Waals surface area contributed by atoms with Gasteiger partial charge < -0.3 is 9.47 Å². The van der Waals surface area contributed by atoms with E-state index in [9.17, 15) is 18.5 Å². The number of rotatable bonds is 6. The fourth-order valence-electron chi connectivity index (χ4n) is 3.08. The first-order valence-electron chi connectivity index (χ1n) is 8.66. The molecule has 0 radical (unpaired) electrons. The molecule has 1 fully saturated rings. The highest BCUT2D eigenvalue weighted by molar-refractivity contribution is 7.90. The van der Waals surface area contributed by atoms with E-state index in [4.69, 9.17) is 9.47 Å². The Morgan fingerprint density at radius 1 is 1.15 bits per heavy atom. The standard InChI is InChI=1S/C19H21NO6S/c1-27(23,24)18-5-3-17(4-6-18)26-19-7-2-16(20(21)22)13-15(19)12-14-8-10-25-11-9-14/h2-7,13-14H,8-12H2,1H3. The molecular formula is C19H21NO6S. The summed E-state index contributed by atoms with van der Waals surface area (Å²) in [4.78, 5) is 10.9. The second-order valence-corrected chi connectivity index (χ2v) is 8.67. The molecule has 27 heavy (non-hydrogen) atoms. The topological polar surface area (TPSA) is 95.7 Å². The lowest BCUT2D eigenvalue weighted by Crippen LogP contribution is -2.17. The molecule has 0 atom stereocenters. The monoisotopic (exact) mass is 391 g/mol. The van der Waals surface area contributed by atoms with E-state index >= 15 is 0 Å². The predicted molar refractivity (Wildman–Crippen MR) is 100.0 cm³/mol. The smallest absolute Gasteiger partial charge is 0.269 e. The Hall–Kier alpha value is -2.45. The van der Waals surface area contributed by atoms with E-state index in [1.165, 1.54) is 18.2 Å². The largest absolute Gasteiger partial charge is 0.457 e. The van der Waals surface area contributed by atoms with Gasteiger partial charge in [-0.3, -0.25) is 10.1 Å². The van der Waals surface area contributed by atoms with E-state index in [0.717, 1.165) is 24.7 Å². The zero-order valence-electron chi connectivity index (χ0n) is 15.0. The third kappa shape index (κ3) is 5.05. The molecule has 8 heteroatoms. The van der Waals surface area contributed by atoms with Crippen LogP contribution >= 0.6 is 0 Å². The number of nitrogens with zero attached hydrogens (tertiary/aromatic N) is 1. The zero-order chi connectivity index (χ0) is 19.4. The van der Waals surface area contributed by atoms with Gasteiger partial charge in [0.25, 0.3) is 5.69 Å². The van der Waals surface area contributed by atoms with Gasteiger partial charge in [-0.2, -0.15) is 0 Å². The SMILES string of the molecule is CS(=O)(=O)c1ccc(Oc2ccc([N+](=O)[O-])cc2CC2CCOCC2)cc1. The summed E-state index contributed by atoms with van der Waals surface area (Å²) in [5.74, 6) is 1.40. The highest BCUT2D eigenvalue weighted by Gasteiger charge is 2.19. The van der Waals surface area contributed by atoms with Gasteiger partial charge in [-0.1, -0.05) is 0 Å². The molecule has 0 unspecified atom stereocenters. The van der Waals surface area contributed by atoms with Gasteiger partial charge in [0.05, 0.1) is 9.82 Å². The fraction of sp³-hybridized carbons (Fsp3) is 0.368. The van der Waals surface area contributed by atoms with Crippen LogP contribution in [0.3, 0.4) is 0 Å². The summed E-state index contributed by atoms with van der Waals surface area (Å²) in [5, 5.41) is 11.1. The first kappa shape index (κ1) is 19.3. The molecule has 144 valence electrons. The van der Waals surface area contributed by atoms with Crippen LogP contribution in [0.2, 0.25) is 0 Å². The van der Waals surface area contributed by atoms with E-state index in [0.29, 0.717) is 37.1 Å². The van der Waals surface area contributed by atoms with E-state index in [1.54, 1.807) is 24.3 Å². The molecule has 0 spiro atoms. The molecule has 0 N–H and O–H groups in total. The highest BCUT2D eigenvalue weighted by atomic mass is 32.2. The van der Waals surface area contributed by atoms with Gasteiger partial charge in [0, 0.05) is 37.2 Å². The van der Waals surface area contributed by atoms with E-state index in [1.807, 2.05) is 0 Å². The van der Waals surface area contributed by atoms with E-state index < -0.39 is 14.8 Å². The maximum Gasteiger partial charge on any atom is 0.269 e. The van der Waals surface area contributed by atoms with Crippen LogP contribution in [0, 0.1) is 16.0 Å². The molecule has 0 aromatic heterocycles. The number of nitro groups is 1. The van der Waals surface area contributed by atoms with Crippen molar-refractivity contribution in [2.24, 2.45) is 5.92 Å². The van der Waals surface area contributed by atoms with Crippen molar-refractivity contribution < 1.29 is 22.8 Å². The minimum Gasteiger partial charge on any atom is -0.457 e. The molecule has 1 aliphatic heterocycles. The summed E-state index contributed by atoms with van der Waals surface area (Å²) in [6.07, 6.45) is 3.63. The molecule has 0 bridgehead atoms. The number of hydrogen-bond acceptors (Lipinski definition) is 6. The lowest BCUT2D eigenvalue weighted by Gasteiger charge is -2.23. The average molecular weight is 391 g/mol. The van der Waals surface area contributed by atoms with Crippen LogP contribution in [0.25, 0.3) is 0 Å². The number of sulfone groups is 1. The molecule has 1 saturated heterocycles. The van der Waals surface area contributed by atoms with E-state index in [2.05, 4.69) is 0 Å². The van der Waals surface area contributed by atoms with Gasteiger partial charge in [-0.05, 0) is 55.5 Å². The average Bonchev–Trinajstić information content (AvgIpc) is 2.63. The molecule has 1 aliphatic rings. The summed E-state index contributed by atoms with van der Waals surface area (Å²) in [5.41, 5.74) is 0.792. The second-order valence-electron chi connectivity index (χ2n) is 6.65. The molecule has 3 rings (SSSR count). The highest BCUT2D eigenvalue weighted by Crippen LogP contribution is 2.32. The summed E-state index contributed by atoms with van der Waals surface area (Å²) in [6, 6.07) is 10.7. The number of nitro benzene ring substituents is 1. The Morgan fingerprint density at radius 2 is 1.81 bits per heavy atom. The summed E-state index contributed by atoms with van der Waals surface area (Å²) >= 11 is 0. The van der Waals surface area contributed by atoms with Crippen molar-refractivity contribution in [2.75, 3.05) is 19.5 Å². The van der Waals surface area contributed by atoms with Crippen LogP contribution in [-0.2, 0) is 21.0 Å². The minimum atomic E-state index is -3.28. The van der Waals surface area contributed by atoms with Crippen molar-refractivity contribution in [2.45, 2.75) is 24.2 Å². The Kier molecular flexibility index (Phi) is 5.76. The van der Waals surface area contributed by atoms with Gasteiger partial charge in [0.1, 0.15) is 11.5 Å². The summed E-state index contributed by atoms with van der Waals surface area (Å²) < 4.78 is 34.4. The normalized spacial score (nSPS) is 15.4. The molecule has 0 saturated carbocycles.